The zero-order chi connectivity index (χ0) is 18.1. The number of piperidine rings is 1. The van der Waals surface area contributed by atoms with Crippen LogP contribution in [0.5, 0.6) is 0 Å². The molecule has 0 bridgehead atoms. The predicted octanol–water partition coefficient (Wildman–Crippen LogP) is 3.31. The van der Waals surface area contributed by atoms with Gasteiger partial charge in [-0.2, -0.15) is 5.10 Å². The topological polar surface area (TPSA) is 53.9 Å². The Bertz CT molecular complexity index is 861. The first-order valence-electron chi connectivity index (χ1n) is 9.61. The second-order valence-corrected chi connectivity index (χ2v) is 7.97. The molecule has 1 aromatic heterocycles. The molecule has 1 aliphatic carbocycles. The molecule has 2 aliphatic rings. The molecule has 26 heavy (non-hydrogen) atoms. The van der Waals surface area contributed by atoms with E-state index in [1.165, 1.54) is 30.4 Å². The van der Waals surface area contributed by atoms with Crippen LogP contribution >= 0.6 is 12.2 Å². The van der Waals surface area contributed by atoms with Crippen LogP contribution in [0.15, 0.2) is 18.2 Å². The third kappa shape index (κ3) is 3.47. The minimum atomic E-state index is 0.245. The van der Waals surface area contributed by atoms with Crippen LogP contribution in [0.3, 0.4) is 0 Å². The Morgan fingerprint density at radius 3 is 2.65 bits per heavy atom. The Kier molecular flexibility index (Phi) is 4.94. The lowest BCUT2D eigenvalue weighted by Gasteiger charge is -2.31. The van der Waals surface area contributed by atoms with E-state index in [1.807, 2.05) is 16.5 Å². The number of rotatable bonds is 3. The molecule has 1 aromatic carbocycles. The van der Waals surface area contributed by atoms with Gasteiger partial charge in [-0.05, 0) is 67.4 Å². The summed E-state index contributed by atoms with van der Waals surface area (Å²) in [6.07, 6.45) is 7.33. The Morgan fingerprint density at radius 1 is 1.23 bits per heavy atom. The lowest BCUT2D eigenvalue weighted by atomic mass is 9.89. The monoisotopic (exact) mass is 370 g/mol. The van der Waals surface area contributed by atoms with Crippen LogP contribution in [0.2, 0.25) is 0 Å². The number of carbonyl (C=O) groups excluding carboxylic acids is 1. The van der Waals surface area contributed by atoms with Crippen LogP contribution in [0.1, 0.15) is 54.1 Å². The van der Waals surface area contributed by atoms with E-state index in [0.717, 1.165) is 43.7 Å². The van der Waals surface area contributed by atoms with Gasteiger partial charge in [-0.3, -0.25) is 9.89 Å². The van der Waals surface area contributed by atoms with Crippen molar-refractivity contribution in [3.63, 3.8) is 0 Å². The summed E-state index contributed by atoms with van der Waals surface area (Å²) in [7, 11) is 1.95. The number of aromatic amines is 1. The number of aryl methyl sites for hydroxylation is 2. The Balaban J connectivity index is 1.36. The molecule has 1 fully saturated rings. The van der Waals surface area contributed by atoms with E-state index in [-0.39, 0.29) is 5.91 Å². The third-order valence-electron chi connectivity index (χ3n) is 5.90. The second kappa shape index (κ2) is 7.35. The van der Waals surface area contributed by atoms with Crippen molar-refractivity contribution < 1.29 is 4.79 Å². The maximum Gasteiger partial charge on any atom is 0.226 e. The molecule has 1 N–H and O–H groups in total. The SMILES string of the molecule is Cn1c(C2CCN(C(=O)Cc3ccc4c(c3)CCCC4)CC2)n[nH]c1=S. The average molecular weight is 371 g/mol. The summed E-state index contributed by atoms with van der Waals surface area (Å²) in [5.41, 5.74) is 4.08. The number of benzene rings is 1. The number of aromatic nitrogens is 3. The van der Waals surface area contributed by atoms with Gasteiger partial charge >= 0.3 is 0 Å². The molecular formula is C20H26N4OS. The van der Waals surface area contributed by atoms with Gasteiger partial charge in [-0.15, -0.1) is 0 Å². The molecule has 2 aromatic rings. The summed E-state index contributed by atoms with van der Waals surface area (Å²) in [6, 6.07) is 6.63. The summed E-state index contributed by atoms with van der Waals surface area (Å²) in [5, 5.41) is 7.22. The van der Waals surface area contributed by atoms with E-state index < -0.39 is 0 Å². The molecule has 0 atom stereocenters. The van der Waals surface area contributed by atoms with E-state index in [4.69, 9.17) is 12.2 Å². The zero-order valence-electron chi connectivity index (χ0n) is 15.3. The Labute approximate surface area is 159 Å². The highest BCUT2D eigenvalue weighted by atomic mass is 32.1. The van der Waals surface area contributed by atoms with Gasteiger partial charge in [0.2, 0.25) is 5.91 Å². The number of nitrogens with zero attached hydrogens (tertiary/aromatic N) is 3. The normalized spacial score (nSPS) is 18.0. The molecule has 138 valence electrons. The van der Waals surface area contributed by atoms with Gasteiger partial charge in [-0.25, -0.2) is 0 Å². The molecule has 1 aliphatic heterocycles. The van der Waals surface area contributed by atoms with Gasteiger partial charge in [0, 0.05) is 26.1 Å². The molecule has 6 heteroatoms. The number of nitrogens with one attached hydrogen (secondary N) is 1. The van der Waals surface area contributed by atoms with Gasteiger partial charge in [0.15, 0.2) is 4.77 Å². The molecule has 4 rings (SSSR count). The maximum atomic E-state index is 12.7. The molecule has 0 spiro atoms. The number of likely N-dealkylation sites (tertiary alicyclic amines) is 1. The van der Waals surface area contributed by atoms with Crippen LogP contribution in [-0.4, -0.2) is 38.7 Å². The number of carbonyl (C=O) groups is 1. The first-order valence-corrected chi connectivity index (χ1v) is 10.0. The van der Waals surface area contributed by atoms with Gasteiger partial charge in [0.25, 0.3) is 0 Å². The molecule has 0 radical (unpaired) electrons. The summed E-state index contributed by atoms with van der Waals surface area (Å²) >= 11 is 5.20. The first-order chi connectivity index (χ1) is 12.6. The quantitative estimate of drug-likeness (QED) is 0.844. The first kappa shape index (κ1) is 17.5. The van der Waals surface area contributed by atoms with E-state index in [2.05, 4.69) is 28.4 Å². The molecule has 1 amide bonds. The van der Waals surface area contributed by atoms with E-state index >= 15 is 0 Å². The van der Waals surface area contributed by atoms with Gasteiger partial charge in [0.05, 0.1) is 6.42 Å². The Morgan fingerprint density at radius 2 is 1.96 bits per heavy atom. The standard InChI is InChI=1S/C20H26N4OS/c1-23-19(21-22-20(23)26)16-8-10-24(11-9-16)18(25)13-14-6-7-15-4-2-3-5-17(15)12-14/h6-7,12,16H,2-5,8-11,13H2,1H3,(H,22,26). The van der Waals surface area contributed by atoms with Crippen LogP contribution in [0, 0.1) is 4.77 Å². The summed E-state index contributed by atoms with van der Waals surface area (Å²) < 4.78 is 2.61. The number of amides is 1. The smallest absolute Gasteiger partial charge is 0.226 e. The van der Waals surface area contributed by atoms with Crippen molar-refractivity contribution in [3.05, 3.63) is 45.5 Å². The maximum absolute atomic E-state index is 12.7. The highest BCUT2D eigenvalue weighted by Gasteiger charge is 2.26. The summed E-state index contributed by atoms with van der Waals surface area (Å²) in [4.78, 5) is 14.7. The minimum Gasteiger partial charge on any atom is -0.342 e. The Hall–Kier alpha value is -1.95. The number of hydrogen-bond acceptors (Lipinski definition) is 3. The van der Waals surface area contributed by atoms with Crippen LogP contribution in [0.25, 0.3) is 0 Å². The highest BCUT2D eigenvalue weighted by Crippen LogP contribution is 2.27. The van der Waals surface area contributed by atoms with Gasteiger partial charge in [0.1, 0.15) is 5.82 Å². The molecular weight excluding hydrogens is 344 g/mol. The van der Waals surface area contributed by atoms with E-state index in [1.54, 1.807) is 0 Å². The fraction of sp³-hybridized carbons (Fsp3) is 0.550. The van der Waals surface area contributed by atoms with Crippen molar-refractivity contribution in [1.82, 2.24) is 19.7 Å². The van der Waals surface area contributed by atoms with Crippen molar-refractivity contribution in [3.8, 4) is 0 Å². The van der Waals surface area contributed by atoms with Crippen molar-refractivity contribution in [2.24, 2.45) is 7.05 Å². The van der Waals surface area contributed by atoms with Crippen LogP contribution in [0.4, 0.5) is 0 Å². The lowest BCUT2D eigenvalue weighted by molar-refractivity contribution is -0.131. The lowest BCUT2D eigenvalue weighted by Crippen LogP contribution is -2.39. The van der Waals surface area contributed by atoms with Crippen molar-refractivity contribution in [2.45, 2.75) is 50.9 Å². The average Bonchev–Trinajstić information content (AvgIpc) is 3.00. The van der Waals surface area contributed by atoms with Crippen molar-refractivity contribution in [1.29, 1.82) is 0 Å². The summed E-state index contributed by atoms with van der Waals surface area (Å²) in [6.45, 7) is 1.60. The number of H-pyrrole nitrogens is 1. The largest absolute Gasteiger partial charge is 0.342 e. The molecule has 1 saturated heterocycles. The summed E-state index contributed by atoms with van der Waals surface area (Å²) in [5.74, 6) is 1.63. The van der Waals surface area contributed by atoms with Gasteiger partial charge < -0.3 is 9.47 Å². The van der Waals surface area contributed by atoms with Crippen LogP contribution < -0.4 is 0 Å². The molecule has 5 nitrogen and oxygen atoms in total. The van der Waals surface area contributed by atoms with Crippen LogP contribution in [-0.2, 0) is 31.1 Å². The highest BCUT2D eigenvalue weighted by molar-refractivity contribution is 7.71. The predicted molar refractivity (Wildman–Crippen MR) is 104 cm³/mol. The zero-order valence-corrected chi connectivity index (χ0v) is 16.1. The van der Waals surface area contributed by atoms with Gasteiger partial charge in [-0.1, -0.05) is 18.2 Å². The number of hydrogen-bond donors (Lipinski definition) is 1. The van der Waals surface area contributed by atoms with Crippen molar-refractivity contribution >= 4 is 18.1 Å². The van der Waals surface area contributed by atoms with Crippen molar-refractivity contribution in [2.75, 3.05) is 13.1 Å². The third-order valence-corrected chi connectivity index (χ3v) is 6.26. The fourth-order valence-corrected chi connectivity index (χ4v) is 4.43. The molecule has 2 heterocycles. The fourth-order valence-electron chi connectivity index (χ4n) is 4.29. The molecule has 0 unspecified atom stereocenters. The second-order valence-electron chi connectivity index (χ2n) is 7.59. The number of fused-ring (bicyclic) bond motifs is 1. The van der Waals surface area contributed by atoms with E-state index in [0.29, 0.717) is 17.1 Å². The molecule has 0 saturated carbocycles. The van der Waals surface area contributed by atoms with E-state index in [9.17, 15) is 4.79 Å². The minimum absolute atomic E-state index is 0.245.